The van der Waals surface area contributed by atoms with Crippen LogP contribution >= 0.6 is 0 Å². The van der Waals surface area contributed by atoms with Gasteiger partial charge in [-0.3, -0.25) is 0 Å². The van der Waals surface area contributed by atoms with Gasteiger partial charge in [0.1, 0.15) is 11.5 Å². The summed E-state index contributed by atoms with van der Waals surface area (Å²) in [5, 5.41) is 3.63. The SMILES string of the molecule is CCNC(c1ccc(CC)o1)C1(C)CCCC1. The zero-order chi connectivity index (χ0) is 12.3. The first-order valence-electron chi connectivity index (χ1n) is 7.01. The molecule has 96 valence electrons. The van der Waals surface area contributed by atoms with Crippen LogP contribution in [0.1, 0.15) is 64.0 Å². The van der Waals surface area contributed by atoms with Gasteiger partial charge in [0.25, 0.3) is 0 Å². The molecule has 1 atom stereocenters. The highest BCUT2D eigenvalue weighted by Gasteiger charge is 2.38. The standard InChI is InChI=1S/C15H25NO/c1-4-12-8-9-13(17-12)14(16-5-2)15(3)10-6-7-11-15/h8-9,14,16H,4-7,10-11H2,1-3H3. The van der Waals surface area contributed by atoms with Crippen molar-refractivity contribution in [3.63, 3.8) is 0 Å². The molecule has 1 saturated carbocycles. The van der Waals surface area contributed by atoms with Crippen LogP contribution in [0.4, 0.5) is 0 Å². The third kappa shape index (κ3) is 2.57. The van der Waals surface area contributed by atoms with Crippen LogP contribution < -0.4 is 5.32 Å². The Labute approximate surface area is 105 Å². The molecule has 1 aliphatic carbocycles. The minimum Gasteiger partial charge on any atom is -0.464 e. The zero-order valence-corrected chi connectivity index (χ0v) is 11.4. The molecule has 0 spiro atoms. The quantitative estimate of drug-likeness (QED) is 0.832. The van der Waals surface area contributed by atoms with E-state index in [1.807, 2.05) is 0 Å². The number of aryl methyl sites for hydroxylation is 1. The van der Waals surface area contributed by atoms with Crippen molar-refractivity contribution < 1.29 is 4.42 Å². The Morgan fingerprint density at radius 3 is 2.53 bits per heavy atom. The fourth-order valence-electron chi connectivity index (χ4n) is 3.11. The second-order valence-corrected chi connectivity index (χ2v) is 5.51. The summed E-state index contributed by atoms with van der Waals surface area (Å²) in [6.45, 7) is 7.72. The normalized spacial score (nSPS) is 20.6. The minimum absolute atomic E-state index is 0.374. The maximum absolute atomic E-state index is 5.96. The van der Waals surface area contributed by atoms with Crippen molar-refractivity contribution >= 4 is 0 Å². The first kappa shape index (κ1) is 12.7. The number of nitrogens with one attached hydrogen (secondary N) is 1. The van der Waals surface area contributed by atoms with Crippen molar-refractivity contribution in [2.75, 3.05) is 6.54 Å². The summed E-state index contributed by atoms with van der Waals surface area (Å²) in [4.78, 5) is 0. The molecule has 1 aromatic rings. The van der Waals surface area contributed by atoms with Crippen molar-refractivity contribution in [2.24, 2.45) is 5.41 Å². The number of furan rings is 1. The average Bonchev–Trinajstić information content (AvgIpc) is 2.95. The van der Waals surface area contributed by atoms with E-state index in [0.717, 1.165) is 24.5 Å². The van der Waals surface area contributed by atoms with Crippen molar-refractivity contribution in [1.82, 2.24) is 5.32 Å². The predicted molar refractivity (Wildman–Crippen MR) is 71.1 cm³/mol. The molecule has 1 unspecified atom stereocenters. The first-order chi connectivity index (χ1) is 8.19. The second kappa shape index (κ2) is 5.26. The molecular formula is C15H25NO. The molecule has 1 aliphatic rings. The highest BCUT2D eigenvalue weighted by Crippen LogP contribution is 2.47. The van der Waals surface area contributed by atoms with Gasteiger partial charge in [-0.05, 0) is 36.9 Å². The molecule has 17 heavy (non-hydrogen) atoms. The fourth-order valence-corrected chi connectivity index (χ4v) is 3.11. The molecule has 0 saturated heterocycles. The van der Waals surface area contributed by atoms with Gasteiger partial charge in [0.05, 0.1) is 6.04 Å². The van der Waals surface area contributed by atoms with Crippen molar-refractivity contribution in [2.45, 2.75) is 58.9 Å². The highest BCUT2D eigenvalue weighted by atomic mass is 16.3. The van der Waals surface area contributed by atoms with Crippen molar-refractivity contribution in [3.05, 3.63) is 23.7 Å². The van der Waals surface area contributed by atoms with Gasteiger partial charge >= 0.3 is 0 Å². The van der Waals surface area contributed by atoms with Gasteiger partial charge in [0.15, 0.2) is 0 Å². The van der Waals surface area contributed by atoms with E-state index in [1.54, 1.807) is 0 Å². The molecule has 2 heteroatoms. The molecule has 1 fully saturated rings. The van der Waals surface area contributed by atoms with E-state index in [2.05, 4.69) is 38.2 Å². The van der Waals surface area contributed by atoms with E-state index < -0.39 is 0 Å². The van der Waals surface area contributed by atoms with Crippen LogP contribution in [0.5, 0.6) is 0 Å². The average molecular weight is 235 g/mol. The molecule has 2 rings (SSSR count). The second-order valence-electron chi connectivity index (χ2n) is 5.51. The largest absolute Gasteiger partial charge is 0.464 e. The maximum Gasteiger partial charge on any atom is 0.121 e. The summed E-state index contributed by atoms with van der Waals surface area (Å²) < 4.78 is 5.96. The van der Waals surface area contributed by atoms with Gasteiger partial charge in [0.2, 0.25) is 0 Å². The third-order valence-corrected chi connectivity index (χ3v) is 4.17. The van der Waals surface area contributed by atoms with E-state index >= 15 is 0 Å². The Hall–Kier alpha value is -0.760. The molecule has 1 aromatic heterocycles. The van der Waals surface area contributed by atoms with Crippen LogP contribution in [0.15, 0.2) is 16.5 Å². The Bertz CT molecular complexity index is 350. The van der Waals surface area contributed by atoms with Gasteiger partial charge in [-0.2, -0.15) is 0 Å². The Kier molecular flexibility index (Phi) is 3.93. The number of rotatable bonds is 5. The zero-order valence-electron chi connectivity index (χ0n) is 11.4. The fraction of sp³-hybridized carbons (Fsp3) is 0.733. The Morgan fingerprint density at radius 2 is 2.00 bits per heavy atom. The molecular weight excluding hydrogens is 210 g/mol. The van der Waals surface area contributed by atoms with E-state index in [9.17, 15) is 0 Å². The lowest BCUT2D eigenvalue weighted by Gasteiger charge is -2.33. The monoisotopic (exact) mass is 235 g/mol. The smallest absolute Gasteiger partial charge is 0.121 e. The highest BCUT2D eigenvalue weighted by molar-refractivity contribution is 5.14. The van der Waals surface area contributed by atoms with Crippen LogP contribution in [-0.4, -0.2) is 6.54 Å². The molecule has 0 aromatic carbocycles. The molecule has 0 radical (unpaired) electrons. The van der Waals surface area contributed by atoms with Gasteiger partial charge < -0.3 is 9.73 Å². The molecule has 0 amide bonds. The number of hydrogen-bond acceptors (Lipinski definition) is 2. The van der Waals surface area contributed by atoms with Gasteiger partial charge in [-0.15, -0.1) is 0 Å². The summed E-state index contributed by atoms with van der Waals surface area (Å²) in [6, 6.07) is 4.67. The van der Waals surface area contributed by atoms with Crippen LogP contribution in [0.3, 0.4) is 0 Å². The van der Waals surface area contributed by atoms with Crippen LogP contribution in [0.25, 0.3) is 0 Å². The van der Waals surface area contributed by atoms with E-state index in [1.165, 1.54) is 25.7 Å². The van der Waals surface area contributed by atoms with Crippen molar-refractivity contribution in [1.29, 1.82) is 0 Å². The predicted octanol–water partition coefficient (Wildman–Crippen LogP) is 4.07. The lowest BCUT2D eigenvalue weighted by atomic mass is 9.79. The summed E-state index contributed by atoms with van der Waals surface area (Å²) in [5.74, 6) is 2.23. The summed E-state index contributed by atoms with van der Waals surface area (Å²) in [5.41, 5.74) is 0.374. The Morgan fingerprint density at radius 1 is 1.29 bits per heavy atom. The summed E-state index contributed by atoms with van der Waals surface area (Å²) >= 11 is 0. The number of hydrogen-bond donors (Lipinski definition) is 1. The topological polar surface area (TPSA) is 25.2 Å². The maximum atomic E-state index is 5.96. The first-order valence-corrected chi connectivity index (χ1v) is 7.01. The summed E-state index contributed by atoms with van der Waals surface area (Å²) in [6.07, 6.45) is 6.33. The molecule has 2 nitrogen and oxygen atoms in total. The Balaban J connectivity index is 2.21. The summed E-state index contributed by atoms with van der Waals surface area (Å²) in [7, 11) is 0. The lowest BCUT2D eigenvalue weighted by molar-refractivity contribution is 0.197. The third-order valence-electron chi connectivity index (χ3n) is 4.17. The van der Waals surface area contributed by atoms with Crippen LogP contribution in [-0.2, 0) is 6.42 Å². The molecule has 1 N–H and O–H groups in total. The van der Waals surface area contributed by atoms with Crippen molar-refractivity contribution in [3.8, 4) is 0 Å². The van der Waals surface area contributed by atoms with Crippen LogP contribution in [0.2, 0.25) is 0 Å². The molecule has 0 bridgehead atoms. The van der Waals surface area contributed by atoms with E-state index in [0.29, 0.717) is 11.5 Å². The van der Waals surface area contributed by atoms with E-state index in [-0.39, 0.29) is 0 Å². The van der Waals surface area contributed by atoms with Gasteiger partial charge in [-0.25, -0.2) is 0 Å². The van der Waals surface area contributed by atoms with E-state index in [4.69, 9.17) is 4.42 Å². The molecule has 1 heterocycles. The molecule has 0 aliphatic heterocycles. The minimum atomic E-state index is 0.374. The van der Waals surface area contributed by atoms with Gasteiger partial charge in [0, 0.05) is 6.42 Å². The van der Waals surface area contributed by atoms with Crippen LogP contribution in [0, 0.1) is 5.41 Å². The lowest BCUT2D eigenvalue weighted by Crippen LogP contribution is -2.34. The van der Waals surface area contributed by atoms with Gasteiger partial charge in [-0.1, -0.05) is 33.6 Å².